The van der Waals surface area contributed by atoms with Crippen LogP contribution in [-0.2, 0) is 10.3 Å². The van der Waals surface area contributed by atoms with Crippen LogP contribution in [0.5, 0.6) is 17.2 Å². The number of carbonyl (C=O) groups excluding carboxylic acids is 1. The molecule has 2 aliphatic rings. The second kappa shape index (κ2) is 7.73. The van der Waals surface area contributed by atoms with Crippen LogP contribution in [0.3, 0.4) is 0 Å². The molecule has 3 aromatic rings. The van der Waals surface area contributed by atoms with E-state index >= 15 is 4.39 Å². The zero-order chi connectivity index (χ0) is 24.4. The van der Waals surface area contributed by atoms with Crippen LogP contribution in [0, 0.1) is 5.82 Å². The SMILES string of the molecule is COc1cc(-c2nc3ccc(C(=O)NC4CS(O)(O)C4)cc3n2C2(C)COC2)c(F)c(O)c1O. The van der Waals surface area contributed by atoms with Gasteiger partial charge in [-0.2, -0.15) is 10.6 Å². The third-order valence-corrected chi connectivity index (χ3v) is 8.06. The van der Waals surface area contributed by atoms with Gasteiger partial charge < -0.3 is 29.6 Å². The topological polar surface area (TPSA) is 146 Å². The summed E-state index contributed by atoms with van der Waals surface area (Å²) in [5.74, 6) is -2.77. The number of hydrogen-bond acceptors (Lipinski definition) is 8. The number of nitrogens with zero attached hydrogens (tertiary/aromatic N) is 2. The minimum absolute atomic E-state index is 0.0813. The van der Waals surface area contributed by atoms with Gasteiger partial charge in [-0.3, -0.25) is 13.9 Å². The number of phenolic OH excluding ortho intramolecular Hbond substituents is 2. The number of hydrogen-bond donors (Lipinski definition) is 5. The number of amides is 1. The van der Waals surface area contributed by atoms with Crippen molar-refractivity contribution in [2.45, 2.75) is 18.5 Å². The lowest BCUT2D eigenvalue weighted by Gasteiger charge is -2.47. The first-order chi connectivity index (χ1) is 16.0. The summed E-state index contributed by atoms with van der Waals surface area (Å²) in [7, 11) is -1.30. The number of phenols is 2. The zero-order valence-electron chi connectivity index (χ0n) is 18.4. The van der Waals surface area contributed by atoms with Crippen LogP contribution in [0.4, 0.5) is 4.39 Å². The zero-order valence-corrected chi connectivity index (χ0v) is 19.2. The number of halogens is 1. The largest absolute Gasteiger partial charge is 0.502 e. The Morgan fingerprint density at radius 3 is 2.56 bits per heavy atom. The Labute approximate surface area is 195 Å². The second-order valence-electron chi connectivity index (χ2n) is 8.91. The fourth-order valence-corrected chi connectivity index (χ4v) is 5.71. The van der Waals surface area contributed by atoms with E-state index in [4.69, 9.17) is 9.47 Å². The first kappa shape index (κ1) is 22.7. The molecule has 2 fully saturated rings. The molecule has 5 rings (SSSR count). The highest BCUT2D eigenvalue weighted by Gasteiger charge is 2.40. The summed E-state index contributed by atoms with van der Waals surface area (Å²) < 4.78 is 46.5. The summed E-state index contributed by atoms with van der Waals surface area (Å²) >= 11 is 0. The van der Waals surface area contributed by atoms with Crippen LogP contribution in [0.15, 0.2) is 24.3 Å². The number of aromatic hydroxyl groups is 2. The highest BCUT2D eigenvalue weighted by Crippen LogP contribution is 2.48. The number of ether oxygens (including phenoxy) is 2. The van der Waals surface area contributed by atoms with E-state index in [2.05, 4.69) is 10.3 Å². The van der Waals surface area contributed by atoms with E-state index in [1.807, 2.05) is 6.92 Å². The van der Waals surface area contributed by atoms with Crippen molar-refractivity contribution < 1.29 is 38.0 Å². The van der Waals surface area contributed by atoms with Gasteiger partial charge in [-0.1, -0.05) is 0 Å². The van der Waals surface area contributed by atoms with Gasteiger partial charge in [-0.05, 0) is 31.2 Å². The van der Waals surface area contributed by atoms with Gasteiger partial charge in [-0.25, -0.2) is 9.37 Å². The second-order valence-corrected chi connectivity index (χ2v) is 11.2. The molecule has 182 valence electrons. The lowest BCUT2D eigenvalue weighted by molar-refractivity contribution is -0.0868. The van der Waals surface area contributed by atoms with Crippen molar-refractivity contribution in [1.82, 2.24) is 14.9 Å². The Morgan fingerprint density at radius 1 is 1.26 bits per heavy atom. The molecule has 1 amide bonds. The Morgan fingerprint density at radius 2 is 1.97 bits per heavy atom. The summed E-state index contributed by atoms with van der Waals surface area (Å²) in [4.78, 5) is 17.4. The van der Waals surface area contributed by atoms with Gasteiger partial charge in [0.1, 0.15) is 5.82 Å². The molecule has 0 radical (unpaired) electrons. The number of imidazole rings is 1. The fourth-order valence-electron chi connectivity index (χ4n) is 4.35. The summed E-state index contributed by atoms with van der Waals surface area (Å²) in [5.41, 5.74) is 0.693. The van der Waals surface area contributed by atoms with Crippen LogP contribution in [0.2, 0.25) is 0 Å². The predicted octanol–water partition coefficient (Wildman–Crippen LogP) is 2.87. The number of benzene rings is 2. The van der Waals surface area contributed by atoms with Crippen molar-refractivity contribution in [2.24, 2.45) is 0 Å². The summed E-state index contributed by atoms with van der Waals surface area (Å²) in [6, 6.07) is 5.80. The first-order valence-corrected chi connectivity index (χ1v) is 12.4. The fraction of sp³-hybridized carbons (Fsp3) is 0.364. The van der Waals surface area contributed by atoms with Gasteiger partial charge in [0.15, 0.2) is 17.3 Å². The average molecular weight is 494 g/mol. The van der Waals surface area contributed by atoms with Crippen LogP contribution >= 0.6 is 10.6 Å². The monoisotopic (exact) mass is 493 g/mol. The molecule has 34 heavy (non-hydrogen) atoms. The van der Waals surface area contributed by atoms with Crippen LogP contribution in [0.25, 0.3) is 22.4 Å². The van der Waals surface area contributed by atoms with E-state index in [0.717, 1.165) is 0 Å². The maximum Gasteiger partial charge on any atom is 0.251 e. The third kappa shape index (κ3) is 3.54. The van der Waals surface area contributed by atoms with E-state index in [9.17, 15) is 24.1 Å². The molecule has 3 heterocycles. The molecule has 2 saturated heterocycles. The quantitative estimate of drug-likeness (QED) is 0.341. The van der Waals surface area contributed by atoms with Crippen molar-refractivity contribution in [3.05, 3.63) is 35.6 Å². The molecule has 0 bridgehead atoms. The smallest absolute Gasteiger partial charge is 0.251 e. The Bertz CT molecular complexity index is 1310. The number of aromatic nitrogens is 2. The molecule has 1 aromatic heterocycles. The average Bonchev–Trinajstić information content (AvgIpc) is 3.13. The summed E-state index contributed by atoms with van der Waals surface area (Å²) in [6.45, 7) is 2.55. The molecule has 2 aromatic carbocycles. The normalized spacial score (nSPS) is 19.8. The molecule has 0 atom stereocenters. The van der Waals surface area contributed by atoms with Crippen molar-refractivity contribution in [3.63, 3.8) is 0 Å². The Kier molecular flexibility index (Phi) is 5.17. The number of methoxy groups -OCH3 is 1. The lowest BCUT2D eigenvalue weighted by Crippen LogP contribution is -2.50. The van der Waals surface area contributed by atoms with Gasteiger partial charge in [0.05, 0.1) is 60.0 Å². The standard InChI is InChI=1S/C22H24FN3O7S/c1-22(9-33-10-22)26-15-5-11(21(29)24-12-7-34(30,31)8-12)3-4-14(15)25-20(26)13-6-16(32-2)18(27)19(28)17(13)23/h3-6,12,27-28,30-31H,7-10H2,1-2H3,(H,24,29). The van der Waals surface area contributed by atoms with Crippen molar-refractivity contribution in [3.8, 4) is 28.6 Å². The molecule has 10 nitrogen and oxygen atoms in total. The highest BCUT2D eigenvalue weighted by molar-refractivity contribution is 8.25. The molecular weight excluding hydrogens is 469 g/mol. The first-order valence-electron chi connectivity index (χ1n) is 10.5. The number of nitrogens with one attached hydrogen (secondary N) is 1. The van der Waals surface area contributed by atoms with Gasteiger partial charge in [0.2, 0.25) is 5.75 Å². The van der Waals surface area contributed by atoms with E-state index in [1.54, 1.807) is 22.8 Å². The van der Waals surface area contributed by atoms with E-state index in [0.29, 0.717) is 29.8 Å². The molecular formula is C22H24FN3O7S. The molecule has 12 heteroatoms. The van der Waals surface area contributed by atoms with Crippen molar-refractivity contribution in [1.29, 1.82) is 0 Å². The molecule has 0 saturated carbocycles. The maximum atomic E-state index is 15.1. The van der Waals surface area contributed by atoms with E-state index in [1.165, 1.54) is 13.2 Å². The van der Waals surface area contributed by atoms with Crippen LogP contribution in [0.1, 0.15) is 17.3 Å². The number of fused-ring (bicyclic) bond motifs is 1. The van der Waals surface area contributed by atoms with Gasteiger partial charge in [0.25, 0.3) is 5.91 Å². The number of carbonyl (C=O) groups is 1. The minimum Gasteiger partial charge on any atom is -0.502 e. The van der Waals surface area contributed by atoms with Crippen LogP contribution < -0.4 is 10.1 Å². The molecule has 0 unspecified atom stereocenters. The predicted molar refractivity (Wildman–Crippen MR) is 123 cm³/mol. The maximum absolute atomic E-state index is 15.1. The Balaban J connectivity index is 1.62. The van der Waals surface area contributed by atoms with Crippen molar-refractivity contribution in [2.75, 3.05) is 31.8 Å². The van der Waals surface area contributed by atoms with Gasteiger partial charge >= 0.3 is 0 Å². The Hall–Kier alpha value is -3.06. The lowest BCUT2D eigenvalue weighted by atomic mass is 9.98. The highest BCUT2D eigenvalue weighted by atomic mass is 32.3. The number of rotatable bonds is 5. The summed E-state index contributed by atoms with van der Waals surface area (Å²) in [5, 5.41) is 22.9. The van der Waals surface area contributed by atoms with E-state index < -0.39 is 33.4 Å². The summed E-state index contributed by atoms with van der Waals surface area (Å²) in [6.07, 6.45) is 0. The van der Waals surface area contributed by atoms with Gasteiger partial charge in [0, 0.05) is 5.56 Å². The molecule has 0 spiro atoms. The molecule has 5 N–H and O–H groups in total. The van der Waals surface area contributed by atoms with E-state index in [-0.39, 0.29) is 40.6 Å². The molecule has 2 aliphatic heterocycles. The molecule has 0 aliphatic carbocycles. The van der Waals surface area contributed by atoms with Gasteiger partial charge in [-0.15, -0.1) is 0 Å². The minimum atomic E-state index is -2.59. The van der Waals surface area contributed by atoms with Crippen molar-refractivity contribution >= 4 is 27.5 Å². The van der Waals surface area contributed by atoms with Crippen LogP contribution in [-0.4, -0.2) is 72.6 Å². The third-order valence-electron chi connectivity index (χ3n) is 6.19.